The summed E-state index contributed by atoms with van der Waals surface area (Å²) in [6, 6.07) is 13.1. The molecule has 0 saturated heterocycles. The van der Waals surface area contributed by atoms with Crippen molar-refractivity contribution in [1.82, 2.24) is 15.0 Å². The first kappa shape index (κ1) is 17.8. The van der Waals surface area contributed by atoms with E-state index in [4.69, 9.17) is 9.15 Å². The molecule has 4 aromatic rings. The fourth-order valence-corrected chi connectivity index (χ4v) is 2.87. The summed E-state index contributed by atoms with van der Waals surface area (Å²) < 4.78 is 11.9. The molecule has 2 aromatic heterocycles. The molecule has 28 heavy (non-hydrogen) atoms. The standard InChI is InChI=1S/C21H20N4O3/c1-4-15-11-17-18(27-15)9-14(21(26)23-20-12-22-25(3)24-20)10-19(17)28-16-7-5-13(2)6-8-16/h5-12H,4H2,1-3H3,(H,23,24,26). The van der Waals surface area contributed by atoms with Crippen LogP contribution in [0.25, 0.3) is 11.0 Å². The van der Waals surface area contributed by atoms with E-state index in [0.29, 0.717) is 28.5 Å². The molecule has 0 unspecified atom stereocenters. The number of hydrogen-bond donors (Lipinski definition) is 1. The Bertz CT molecular complexity index is 1140. The number of carbonyl (C=O) groups is 1. The van der Waals surface area contributed by atoms with E-state index in [1.807, 2.05) is 44.2 Å². The number of aromatic nitrogens is 3. The third-order valence-corrected chi connectivity index (χ3v) is 4.35. The quantitative estimate of drug-likeness (QED) is 0.555. The van der Waals surface area contributed by atoms with E-state index in [0.717, 1.165) is 23.1 Å². The maximum Gasteiger partial charge on any atom is 0.257 e. The van der Waals surface area contributed by atoms with E-state index in [1.165, 1.54) is 11.0 Å². The Morgan fingerprint density at radius 3 is 2.68 bits per heavy atom. The second kappa shape index (κ2) is 7.19. The lowest BCUT2D eigenvalue weighted by Crippen LogP contribution is -2.12. The van der Waals surface area contributed by atoms with Gasteiger partial charge in [0, 0.05) is 19.0 Å². The van der Waals surface area contributed by atoms with Crippen molar-refractivity contribution in [3.63, 3.8) is 0 Å². The Morgan fingerprint density at radius 1 is 1.21 bits per heavy atom. The number of fused-ring (bicyclic) bond motifs is 1. The number of amides is 1. The molecule has 4 rings (SSSR count). The molecule has 1 N–H and O–H groups in total. The van der Waals surface area contributed by atoms with Gasteiger partial charge in [0.1, 0.15) is 22.8 Å². The van der Waals surface area contributed by atoms with Crippen molar-refractivity contribution in [2.24, 2.45) is 7.05 Å². The van der Waals surface area contributed by atoms with E-state index >= 15 is 0 Å². The summed E-state index contributed by atoms with van der Waals surface area (Å²) in [4.78, 5) is 14.1. The van der Waals surface area contributed by atoms with Crippen LogP contribution < -0.4 is 10.1 Å². The van der Waals surface area contributed by atoms with E-state index in [1.54, 1.807) is 19.2 Å². The van der Waals surface area contributed by atoms with Gasteiger partial charge in [-0.05, 0) is 37.3 Å². The summed E-state index contributed by atoms with van der Waals surface area (Å²) in [6.45, 7) is 4.03. The summed E-state index contributed by atoms with van der Waals surface area (Å²) >= 11 is 0. The summed E-state index contributed by atoms with van der Waals surface area (Å²) in [5.41, 5.74) is 2.16. The van der Waals surface area contributed by atoms with E-state index in [9.17, 15) is 4.79 Å². The Hall–Kier alpha value is -3.61. The van der Waals surface area contributed by atoms with Crippen LogP contribution in [0.2, 0.25) is 0 Å². The minimum absolute atomic E-state index is 0.314. The second-order valence-electron chi connectivity index (χ2n) is 6.54. The van der Waals surface area contributed by atoms with Gasteiger partial charge in [-0.1, -0.05) is 24.6 Å². The van der Waals surface area contributed by atoms with Crippen LogP contribution in [0, 0.1) is 6.92 Å². The number of nitrogens with zero attached hydrogens (tertiary/aromatic N) is 3. The highest BCUT2D eigenvalue weighted by Gasteiger charge is 2.16. The molecule has 0 radical (unpaired) electrons. The zero-order valence-corrected chi connectivity index (χ0v) is 15.9. The molecule has 142 valence electrons. The first-order valence-corrected chi connectivity index (χ1v) is 9.00. The molecule has 0 fully saturated rings. The van der Waals surface area contributed by atoms with Crippen molar-refractivity contribution < 1.29 is 13.9 Å². The van der Waals surface area contributed by atoms with Crippen molar-refractivity contribution in [2.45, 2.75) is 20.3 Å². The lowest BCUT2D eigenvalue weighted by molar-refractivity contribution is 0.102. The molecule has 0 bridgehead atoms. The number of furan rings is 1. The molecular formula is C21H20N4O3. The van der Waals surface area contributed by atoms with Crippen LogP contribution >= 0.6 is 0 Å². The van der Waals surface area contributed by atoms with Crippen LogP contribution in [0.3, 0.4) is 0 Å². The first-order valence-electron chi connectivity index (χ1n) is 9.00. The summed E-state index contributed by atoms with van der Waals surface area (Å²) in [5.74, 6) is 2.15. The minimum atomic E-state index is -0.314. The maximum absolute atomic E-state index is 12.7. The molecule has 0 aliphatic heterocycles. The number of ether oxygens (including phenoxy) is 1. The average molecular weight is 376 g/mol. The smallest absolute Gasteiger partial charge is 0.257 e. The number of anilines is 1. The largest absolute Gasteiger partial charge is 0.461 e. The Kier molecular flexibility index (Phi) is 4.57. The van der Waals surface area contributed by atoms with Crippen LogP contribution in [0.1, 0.15) is 28.6 Å². The lowest BCUT2D eigenvalue weighted by Gasteiger charge is -2.09. The average Bonchev–Trinajstić information content (AvgIpc) is 3.29. The van der Waals surface area contributed by atoms with Gasteiger partial charge in [-0.3, -0.25) is 4.79 Å². The fourth-order valence-electron chi connectivity index (χ4n) is 2.87. The number of carbonyl (C=O) groups excluding carboxylic acids is 1. The van der Waals surface area contributed by atoms with Gasteiger partial charge in [-0.15, -0.1) is 5.10 Å². The predicted molar refractivity (Wildman–Crippen MR) is 106 cm³/mol. The second-order valence-corrected chi connectivity index (χ2v) is 6.54. The van der Waals surface area contributed by atoms with Crippen molar-refractivity contribution in [2.75, 3.05) is 5.32 Å². The topological polar surface area (TPSA) is 82.2 Å². The molecule has 0 atom stereocenters. The van der Waals surface area contributed by atoms with Crippen LogP contribution in [-0.4, -0.2) is 20.9 Å². The molecule has 7 nitrogen and oxygen atoms in total. The normalized spacial score (nSPS) is 11.0. The van der Waals surface area contributed by atoms with Gasteiger partial charge in [0.25, 0.3) is 5.91 Å². The Balaban J connectivity index is 1.72. The number of hydrogen-bond acceptors (Lipinski definition) is 5. The molecule has 0 aliphatic carbocycles. The van der Waals surface area contributed by atoms with Crippen molar-refractivity contribution in [3.05, 3.63) is 65.5 Å². The minimum Gasteiger partial charge on any atom is -0.461 e. The summed E-state index contributed by atoms with van der Waals surface area (Å²) in [6.07, 6.45) is 2.24. The molecule has 0 saturated carbocycles. The first-order chi connectivity index (χ1) is 13.5. The molecule has 2 aromatic carbocycles. The highest BCUT2D eigenvalue weighted by Crippen LogP contribution is 2.34. The van der Waals surface area contributed by atoms with E-state index in [-0.39, 0.29) is 5.91 Å². The van der Waals surface area contributed by atoms with Gasteiger partial charge in [0.15, 0.2) is 5.82 Å². The highest BCUT2D eigenvalue weighted by molar-refractivity contribution is 6.06. The number of nitrogens with one attached hydrogen (secondary N) is 1. The van der Waals surface area contributed by atoms with Gasteiger partial charge in [-0.2, -0.15) is 9.90 Å². The van der Waals surface area contributed by atoms with Crippen LogP contribution in [0.4, 0.5) is 5.82 Å². The number of rotatable bonds is 5. The Morgan fingerprint density at radius 2 is 2.00 bits per heavy atom. The number of benzene rings is 2. The van der Waals surface area contributed by atoms with Gasteiger partial charge in [0.2, 0.25) is 0 Å². The molecule has 7 heteroatoms. The maximum atomic E-state index is 12.7. The monoisotopic (exact) mass is 376 g/mol. The zero-order chi connectivity index (χ0) is 19.7. The van der Waals surface area contributed by atoms with Crippen LogP contribution in [0.15, 0.2) is 53.1 Å². The Labute approximate surface area is 161 Å². The summed E-state index contributed by atoms with van der Waals surface area (Å²) in [5, 5.41) is 11.6. The molecular weight excluding hydrogens is 356 g/mol. The number of aryl methyl sites for hydroxylation is 3. The van der Waals surface area contributed by atoms with Crippen LogP contribution in [-0.2, 0) is 13.5 Å². The molecule has 2 heterocycles. The van der Waals surface area contributed by atoms with Crippen molar-refractivity contribution in [1.29, 1.82) is 0 Å². The predicted octanol–water partition coefficient (Wildman–Crippen LogP) is 4.48. The third-order valence-electron chi connectivity index (χ3n) is 4.35. The van der Waals surface area contributed by atoms with Gasteiger partial charge in [-0.25, -0.2) is 0 Å². The zero-order valence-electron chi connectivity index (χ0n) is 15.9. The lowest BCUT2D eigenvalue weighted by atomic mass is 10.1. The fraction of sp³-hybridized carbons (Fsp3) is 0.190. The van der Waals surface area contributed by atoms with Gasteiger partial charge < -0.3 is 14.5 Å². The van der Waals surface area contributed by atoms with Crippen LogP contribution in [0.5, 0.6) is 11.5 Å². The van der Waals surface area contributed by atoms with E-state index < -0.39 is 0 Å². The van der Waals surface area contributed by atoms with E-state index in [2.05, 4.69) is 15.5 Å². The molecule has 1 amide bonds. The molecule has 0 spiro atoms. The third kappa shape index (κ3) is 3.59. The van der Waals surface area contributed by atoms with Gasteiger partial charge >= 0.3 is 0 Å². The SMILES string of the molecule is CCc1cc2c(Oc3ccc(C)cc3)cc(C(=O)Nc3cnn(C)n3)cc2o1. The highest BCUT2D eigenvalue weighted by atomic mass is 16.5. The van der Waals surface area contributed by atoms with Crippen molar-refractivity contribution in [3.8, 4) is 11.5 Å². The van der Waals surface area contributed by atoms with Crippen molar-refractivity contribution >= 4 is 22.7 Å². The van der Waals surface area contributed by atoms with Gasteiger partial charge in [0.05, 0.1) is 11.6 Å². The molecule has 0 aliphatic rings. The summed E-state index contributed by atoms with van der Waals surface area (Å²) in [7, 11) is 1.68.